The first kappa shape index (κ1) is 31.0. The molecule has 1 N–H and O–H groups in total. The SMILES string of the molecule is COC(=O)[C@@H]1C[C@@H](n2cc(CCCCCOC(=O)C[C@H](C(=O)O)C(C)(C)C)nn2)CN1C(=O)OC(C)(C)C. The van der Waals surface area contributed by atoms with E-state index >= 15 is 0 Å². The number of amides is 1. The normalized spacial score (nSPS) is 18.7. The van der Waals surface area contributed by atoms with Gasteiger partial charge in [-0.25, -0.2) is 14.3 Å². The highest BCUT2D eigenvalue weighted by atomic mass is 16.6. The van der Waals surface area contributed by atoms with Crippen molar-refractivity contribution in [1.82, 2.24) is 19.9 Å². The van der Waals surface area contributed by atoms with Crippen molar-refractivity contribution in [2.75, 3.05) is 20.3 Å². The molecule has 0 saturated carbocycles. The maximum atomic E-state index is 12.7. The first-order valence-electron chi connectivity index (χ1n) is 13.0. The topological polar surface area (TPSA) is 150 Å². The minimum Gasteiger partial charge on any atom is -0.481 e. The molecule has 1 fully saturated rings. The maximum absolute atomic E-state index is 12.7. The van der Waals surface area contributed by atoms with Crippen molar-refractivity contribution in [1.29, 1.82) is 0 Å². The Morgan fingerprint density at radius 3 is 2.37 bits per heavy atom. The number of nitrogens with zero attached hydrogens (tertiary/aromatic N) is 4. The molecule has 0 bridgehead atoms. The number of esters is 2. The fourth-order valence-corrected chi connectivity index (χ4v) is 4.25. The molecule has 3 atom stereocenters. The summed E-state index contributed by atoms with van der Waals surface area (Å²) < 4.78 is 17.2. The van der Waals surface area contributed by atoms with Gasteiger partial charge in [0.25, 0.3) is 0 Å². The fourth-order valence-electron chi connectivity index (χ4n) is 4.25. The van der Waals surface area contributed by atoms with Gasteiger partial charge >= 0.3 is 24.0 Å². The quantitative estimate of drug-likeness (QED) is 0.252. The molecule has 1 saturated heterocycles. The number of aromatic nitrogens is 3. The number of carboxylic acid groups (broad SMARTS) is 1. The van der Waals surface area contributed by atoms with Crippen LogP contribution in [0.25, 0.3) is 0 Å². The van der Waals surface area contributed by atoms with E-state index in [1.54, 1.807) is 46.2 Å². The van der Waals surface area contributed by atoms with E-state index in [1.165, 1.54) is 12.0 Å². The fraction of sp³-hybridized carbons (Fsp3) is 0.769. The van der Waals surface area contributed by atoms with Crippen LogP contribution in [0.5, 0.6) is 0 Å². The lowest BCUT2D eigenvalue weighted by Gasteiger charge is -2.27. The van der Waals surface area contributed by atoms with Gasteiger partial charge in [0.2, 0.25) is 0 Å². The van der Waals surface area contributed by atoms with Crippen molar-refractivity contribution >= 4 is 24.0 Å². The second kappa shape index (κ2) is 13.1. The van der Waals surface area contributed by atoms with Crippen LogP contribution in [0.2, 0.25) is 0 Å². The number of aryl methyl sites for hydroxylation is 1. The van der Waals surface area contributed by atoms with E-state index in [4.69, 9.17) is 14.2 Å². The Morgan fingerprint density at radius 2 is 1.79 bits per heavy atom. The van der Waals surface area contributed by atoms with E-state index in [0.717, 1.165) is 18.5 Å². The summed E-state index contributed by atoms with van der Waals surface area (Å²) in [4.78, 5) is 49.8. The van der Waals surface area contributed by atoms with Crippen molar-refractivity contribution in [2.45, 2.75) is 97.8 Å². The molecule has 1 aliphatic rings. The molecule has 0 aliphatic carbocycles. The molecule has 214 valence electrons. The summed E-state index contributed by atoms with van der Waals surface area (Å²) >= 11 is 0. The van der Waals surface area contributed by atoms with Crippen molar-refractivity contribution in [3.05, 3.63) is 11.9 Å². The molecule has 0 aromatic carbocycles. The number of carbonyl (C=O) groups is 4. The lowest BCUT2D eigenvalue weighted by Crippen LogP contribution is -2.43. The number of methoxy groups -OCH3 is 1. The van der Waals surface area contributed by atoms with E-state index in [9.17, 15) is 24.3 Å². The monoisotopic (exact) mass is 538 g/mol. The molecule has 12 heteroatoms. The second-order valence-corrected chi connectivity index (χ2v) is 11.7. The molecule has 38 heavy (non-hydrogen) atoms. The zero-order valence-electron chi connectivity index (χ0n) is 23.6. The van der Waals surface area contributed by atoms with Crippen LogP contribution in [-0.4, -0.2) is 80.9 Å². The zero-order chi connectivity index (χ0) is 28.7. The van der Waals surface area contributed by atoms with E-state index in [0.29, 0.717) is 19.3 Å². The molecule has 2 rings (SSSR count). The van der Waals surface area contributed by atoms with Crippen LogP contribution in [0.15, 0.2) is 6.20 Å². The highest BCUT2D eigenvalue weighted by Gasteiger charge is 2.43. The van der Waals surface area contributed by atoms with Crippen LogP contribution in [0.3, 0.4) is 0 Å². The molecule has 2 heterocycles. The maximum Gasteiger partial charge on any atom is 0.411 e. The number of unbranched alkanes of at least 4 members (excludes halogenated alkanes) is 2. The summed E-state index contributed by atoms with van der Waals surface area (Å²) in [7, 11) is 1.29. The number of rotatable bonds is 11. The van der Waals surface area contributed by atoms with Crippen LogP contribution in [-0.2, 0) is 35.0 Å². The number of carboxylic acids is 1. The molecule has 12 nitrogen and oxygen atoms in total. The highest BCUT2D eigenvalue weighted by Crippen LogP contribution is 2.30. The Hall–Kier alpha value is -3.18. The smallest absolute Gasteiger partial charge is 0.411 e. The van der Waals surface area contributed by atoms with Gasteiger partial charge in [-0.15, -0.1) is 5.10 Å². The minimum absolute atomic E-state index is 0.148. The Labute approximate surface area is 224 Å². The summed E-state index contributed by atoms with van der Waals surface area (Å²) in [6.45, 7) is 11.1. The predicted molar refractivity (Wildman–Crippen MR) is 136 cm³/mol. The van der Waals surface area contributed by atoms with Crippen molar-refractivity contribution < 1.29 is 38.5 Å². The van der Waals surface area contributed by atoms with Crippen LogP contribution >= 0.6 is 0 Å². The highest BCUT2D eigenvalue weighted by molar-refractivity contribution is 5.82. The zero-order valence-corrected chi connectivity index (χ0v) is 23.6. The number of hydrogen-bond acceptors (Lipinski definition) is 9. The van der Waals surface area contributed by atoms with Gasteiger partial charge in [0.1, 0.15) is 11.6 Å². The van der Waals surface area contributed by atoms with Gasteiger partial charge < -0.3 is 19.3 Å². The van der Waals surface area contributed by atoms with Gasteiger partial charge in [0.15, 0.2) is 0 Å². The minimum atomic E-state index is -1.00. The van der Waals surface area contributed by atoms with Crippen molar-refractivity contribution in [3.8, 4) is 0 Å². The van der Waals surface area contributed by atoms with Gasteiger partial charge in [0.05, 0.1) is 37.8 Å². The molecule has 0 unspecified atom stereocenters. The molecule has 0 radical (unpaired) electrons. The molecule has 1 aliphatic heterocycles. The van der Waals surface area contributed by atoms with Gasteiger partial charge in [-0.05, 0) is 51.9 Å². The summed E-state index contributed by atoms with van der Waals surface area (Å²) in [6, 6.07) is -1.00. The summed E-state index contributed by atoms with van der Waals surface area (Å²) in [5.74, 6) is -2.80. The van der Waals surface area contributed by atoms with E-state index in [-0.39, 0.29) is 25.6 Å². The second-order valence-electron chi connectivity index (χ2n) is 11.7. The van der Waals surface area contributed by atoms with Crippen LogP contribution in [0.1, 0.15) is 85.4 Å². The Balaban J connectivity index is 1.80. The van der Waals surface area contributed by atoms with Gasteiger partial charge in [0, 0.05) is 19.2 Å². The molecular formula is C26H42N4O8. The van der Waals surface area contributed by atoms with Crippen molar-refractivity contribution in [2.24, 2.45) is 11.3 Å². The number of hydrogen-bond donors (Lipinski definition) is 1. The lowest BCUT2D eigenvalue weighted by molar-refractivity contribution is -0.155. The Morgan fingerprint density at radius 1 is 1.11 bits per heavy atom. The van der Waals surface area contributed by atoms with E-state index < -0.39 is 47.0 Å². The third-order valence-electron chi connectivity index (χ3n) is 6.37. The first-order chi connectivity index (χ1) is 17.6. The van der Waals surface area contributed by atoms with Crippen LogP contribution in [0, 0.1) is 11.3 Å². The number of likely N-dealkylation sites (tertiary alicyclic amines) is 1. The number of aliphatic carboxylic acids is 1. The first-order valence-corrected chi connectivity index (χ1v) is 13.0. The van der Waals surface area contributed by atoms with E-state index in [1.807, 2.05) is 6.20 Å². The number of ether oxygens (including phenoxy) is 3. The van der Waals surface area contributed by atoms with Crippen LogP contribution < -0.4 is 0 Å². The molecular weight excluding hydrogens is 496 g/mol. The average Bonchev–Trinajstić information content (AvgIpc) is 3.44. The molecule has 1 aromatic rings. The predicted octanol–water partition coefficient (Wildman–Crippen LogP) is 3.39. The largest absolute Gasteiger partial charge is 0.481 e. The molecule has 0 spiro atoms. The van der Waals surface area contributed by atoms with Crippen molar-refractivity contribution in [3.63, 3.8) is 0 Å². The third-order valence-corrected chi connectivity index (χ3v) is 6.37. The van der Waals surface area contributed by atoms with Crippen LogP contribution in [0.4, 0.5) is 4.79 Å². The van der Waals surface area contributed by atoms with Gasteiger partial charge in [-0.1, -0.05) is 26.0 Å². The Kier molecular flexibility index (Phi) is 10.7. The Bertz CT molecular complexity index is 979. The third kappa shape index (κ3) is 9.29. The van der Waals surface area contributed by atoms with E-state index in [2.05, 4.69) is 10.3 Å². The summed E-state index contributed by atoms with van der Waals surface area (Å²) in [5, 5.41) is 17.8. The molecule has 1 aromatic heterocycles. The number of carbonyl (C=O) groups excluding carboxylic acids is 3. The molecule has 1 amide bonds. The average molecular weight is 539 g/mol. The van der Waals surface area contributed by atoms with Gasteiger partial charge in [-0.2, -0.15) is 0 Å². The summed E-state index contributed by atoms with van der Waals surface area (Å²) in [5.41, 5.74) is -0.446. The standard InChI is InChI=1S/C26H42N4O8/c1-25(2,3)19(22(32)33)14-21(31)37-12-10-8-9-11-17-15-30(28-27-17)18-13-20(23(34)36-7)29(16-18)24(35)38-26(4,5)6/h15,18-20H,8-14,16H2,1-7H3,(H,32,33)/t18-,19-,20+/m1/s1. The summed E-state index contributed by atoms with van der Waals surface area (Å²) in [6.07, 6.45) is 4.36. The van der Waals surface area contributed by atoms with Gasteiger partial charge in [-0.3, -0.25) is 14.5 Å². The lowest BCUT2D eigenvalue weighted by atomic mass is 9.79.